The van der Waals surface area contributed by atoms with E-state index in [0.717, 1.165) is 5.92 Å². The average molecular weight is 218 g/mol. The average Bonchev–Trinajstić information content (AvgIpc) is 2.61. The van der Waals surface area contributed by atoms with Crippen LogP contribution >= 0.6 is 0 Å². The molecule has 1 aliphatic heterocycles. The number of benzene rings is 1. The molecule has 0 aliphatic carbocycles. The van der Waals surface area contributed by atoms with Gasteiger partial charge in [-0.1, -0.05) is 37.3 Å². The summed E-state index contributed by atoms with van der Waals surface area (Å²) < 4.78 is 0. The van der Waals surface area contributed by atoms with Crippen LogP contribution in [0.2, 0.25) is 0 Å². The van der Waals surface area contributed by atoms with Crippen molar-refractivity contribution in [1.29, 1.82) is 0 Å². The smallest absolute Gasteiger partial charge is 0.0473 e. The van der Waals surface area contributed by atoms with Gasteiger partial charge in [0.05, 0.1) is 0 Å². The molecule has 1 heterocycles. The van der Waals surface area contributed by atoms with Crippen molar-refractivity contribution >= 4 is 0 Å². The zero-order valence-electron chi connectivity index (χ0n) is 10.3. The number of likely N-dealkylation sites (tertiary alicyclic amines) is 1. The second-order valence-electron chi connectivity index (χ2n) is 5.05. The van der Waals surface area contributed by atoms with Crippen molar-refractivity contribution in [3.63, 3.8) is 0 Å². The number of nitrogens with two attached hydrogens (primary N) is 1. The minimum atomic E-state index is 0.390. The maximum atomic E-state index is 5.95. The van der Waals surface area contributed by atoms with Crippen LogP contribution in [0.5, 0.6) is 0 Å². The Hall–Kier alpha value is -0.860. The molecule has 0 amide bonds. The Kier molecular flexibility index (Phi) is 3.62. The molecule has 88 valence electrons. The van der Waals surface area contributed by atoms with Gasteiger partial charge in [0.1, 0.15) is 0 Å². The lowest BCUT2D eigenvalue weighted by atomic mass is 10.0. The molecule has 0 bridgehead atoms. The third-order valence-electron chi connectivity index (χ3n) is 3.64. The van der Waals surface area contributed by atoms with E-state index in [0.29, 0.717) is 18.6 Å². The third kappa shape index (κ3) is 2.28. The van der Waals surface area contributed by atoms with Crippen LogP contribution in [-0.2, 0) is 0 Å². The van der Waals surface area contributed by atoms with Crippen LogP contribution in [0.3, 0.4) is 0 Å². The van der Waals surface area contributed by atoms with E-state index in [1.807, 2.05) is 0 Å². The van der Waals surface area contributed by atoms with Crippen LogP contribution in [0.15, 0.2) is 30.3 Å². The van der Waals surface area contributed by atoms with Gasteiger partial charge >= 0.3 is 0 Å². The van der Waals surface area contributed by atoms with E-state index in [9.17, 15) is 0 Å². The summed E-state index contributed by atoms with van der Waals surface area (Å²) in [5, 5.41) is 0. The number of hydrogen-bond donors (Lipinski definition) is 1. The Bertz CT molecular complexity index is 323. The van der Waals surface area contributed by atoms with Gasteiger partial charge < -0.3 is 5.73 Å². The first-order chi connectivity index (χ1) is 7.72. The lowest BCUT2D eigenvalue weighted by molar-refractivity contribution is 0.192. The van der Waals surface area contributed by atoms with Crippen LogP contribution in [0.1, 0.15) is 31.9 Å². The third-order valence-corrected chi connectivity index (χ3v) is 3.64. The zero-order valence-corrected chi connectivity index (χ0v) is 10.3. The highest BCUT2D eigenvalue weighted by molar-refractivity contribution is 5.20. The van der Waals surface area contributed by atoms with Crippen molar-refractivity contribution in [2.24, 2.45) is 11.7 Å². The highest BCUT2D eigenvalue weighted by atomic mass is 15.2. The summed E-state index contributed by atoms with van der Waals surface area (Å²) in [6, 6.07) is 11.7. The summed E-state index contributed by atoms with van der Waals surface area (Å²) in [4.78, 5) is 2.56. The molecule has 16 heavy (non-hydrogen) atoms. The summed E-state index contributed by atoms with van der Waals surface area (Å²) in [6.07, 6.45) is 1.29. The van der Waals surface area contributed by atoms with Crippen molar-refractivity contribution in [1.82, 2.24) is 4.90 Å². The fourth-order valence-corrected chi connectivity index (χ4v) is 2.90. The maximum Gasteiger partial charge on any atom is 0.0473 e. The van der Waals surface area contributed by atoms with Crippen molar-refractivity contribution in [3.05, 3.63) is 35.9 Å². The van der Waals surface area contributed by atoms with Gasteiger partial charge in [0.2, 0.25) is 0 Å². The maximum absolute atomic E-state index is 5.95. The molecule has 3 unspecified atom stereocenters. The first kappa shape index (κ1) is 11.6. The molecule has 1 aromatic carbocycles. The predicted octanol–water partition coefficient (Wildman–Crippen LogP) is 2.42. The monoisotopic (exact) mass is 218 g/mol. The molecule has 1 fully saturated rings. The van der Waals surface area contributed by atoms with Crippen molar-refractivity contribution in [3.8, 4) is 0 Å². The van der Waals surface area contributed by atoms with Gasteiger partial charge in [0.25, 0.3) is 0 Å². The highest BCUT2D eigenvalue weighted by Gasteiger charge is 2.31. The fraction of sp³-hybridized carbons (Fsp3) is 0.571. The van der Waals surface area contributed by atoms with Gasteiger partial charge in [-0.05, 0) is 24.8 Å². The molecule has 3 atom stereocenters. The van der Waals surface area contributed by atoms with Crippen molar-refractivity contribution < 1.29 is 0 Å². The molecule has 1 aromatic rings. The molecule has 0 aromatic heterocycles. The van der Waals surface area contributed by atoms with Gasteiger partial charge in [-0.2, -0.15) is 0 Å². The van der Waals surface area contributed by atoms with Crippen molar-refractivity contribution in [2.75, 3.05) is 13.1 Å². The minimum Gasteiger partial charge on any atom is -0.329 e. The molecule has 1 saturated heterocycles. The zero-order chi connectivity index (χ0) is 11.5. The van der Waals surface area contributed by atoms with E-state index in [-0.39, 0.29) is 0 Å². The molecule has 2 heteroatoms. The van der Waals surface area contributed by atoms with Crippen LogP contribution in [-0.4, -0.2) is 24.0 Å². The Morgan fingerprint density at radius 2 is 2.00 bits per heavy atom. The molecular weight excluding hydrogens is 196 g/mol. The predicted molar refractivity (Wildman–Crippen MR) is 68.2 cm³/mol. The lowest BCUT2D eigenvalue weighted by Crippen LogP contribution is -2.36. The van der Waals surface area contributed by atoms with Gasteiger partial charge in [0.15, 0.2) is 0 Å². The minimum absolute atomic E-state index is 0.390. The van der Waals surface area contributed by atoms with Gasteiger partial charge in [0, 0.05) is 25.2 Å². The SMILES string of the molecule is CC1CC(C)N(C(CN)c2ccccc2)C1. The van der Waals surface area contributed by atoms with Gasteiger partial charge in [-0.3, -0.25) is 4.90 Å². The van der Waals surface area contributed by atoms with Gasteiger partial charge in [-0.15, -0.1) is 0 Å². The van der Waals surface area contributed by atoms with Crippen LogP contribution in [0.4, 0.5) is 0 Å². The molecule has 0 saturated carbocycles. The Morgan fingerprint density at radius 1 is 1.31 bits per heavy atom. The summed E-state index contributed by atoms with van der Waals surface area (Å²) in [5.41, 5.74) is 7.30. The van der Waals surface area contributed by atoms with E-state index in [2.05, 4.69) is 49.1 Å². The lowest BCUT2D eigenvalue weighted by Gasteiger charge is -2.31. The van der Waals surface area contributed by atoms with E-state index in [1.54, 1.807) is 0 Å². The summed E-state index contributed by atoms with van der Waals surface area (Å²) in [5.74, 6) is 0.799. The summed E-state index contributed by atoms with van der Waals surface area (Å²) >= 11 is 0. The van der Waals surface area contributed by atoms with Crippen LogP contribution in [0, 0.1) is 5.92 Å². The molecule has 2 rings (SSSR count). The second-order valence-corrected chi connectivity index (χ2v) is 5.05. The van der Waals surface area contributed by atoms with Gasteiger partial charge in [-0.25, -0.2) is 0 Å². The first-order valence-corrected chi connectivity index (χ1v) is 6.23. The molecule has 2 nitrogen and oxygen atoms in total. The van der Waals surface area contributed by atoms with E-state index in [4.69, 9.17) is 5.73 Å². The largest absolute Gasteiger partial charge is 0.329 e. The van der Waals surface area contributed by atoms with Crippen molar-refractivity contribution in [2.45, 2.75) is 32.4 Å². The fourth-order valence-electron chi connectivity index (χ4n) is 2.90. The quantitative estimate of drug-likeness (QED) is 0.844. The molecule has 1 aliphatic rings. The Balaban J connectivity index is 2.17. The summed E-state index contributed by atoms with van der Waals surface area (Å²) in [6.45, 7) is 6.53. The van der Waals surface area contributed by atoms with E-state index >= 15 is 0 Å². The van der Waals surface area contributed by atoms with Crippen LogP contribution in [0.25, 0.3) is 0 Å². The number of hydrogen-bond acceptors (Lipinski definition) is 2. The van der Waals surface area contributed by atoms with E-state index < -0.39 is 0 Å². The van der Waals surface area contributed by atoms with Crippen LogP contribution < -0.4 is 5.73 Å². The second kappa shape index (κ2) is 4.98. The highest BCUT2D eigenvalue weighted by Crippen LogP contribution is 2.31. The Labute approximate surface area is 98.4 Å². The topological polar surface area (TPSA) is 29.3 Å². The first-order valence-electron chi connectivity index (χ1n) is 6.23. The summed E-state index contributed by atoms with van der Waals surface area (Å²) in [7, 11) is 0. The van der Waals surface area contributed by atoms with E-state index in [1.165, 1.54) is 18.5 Å². The Morgan fingerprint density at radius 3 is 2.50 bits per heavy atom. The molecule has 0 spiro atoms. The molecular formula is C14H22N2. The number of nitrogens with zero attached hydrogens (tertiary/aromatic N) is 1. The number of rotatable bonds is 3. The molecule has 2 N–H and O–H groups in total. The molecule has 0 radical (unpaired) electrons. The normalized spacial score (nSPS) is 28.2. The standard InChI is InChI=1S/C14H22N2/c1-11-8-12(2)16(10-11)14(9-15)13-6-4-3-5-7-13/h3-7,11-12,14H,8-10,15H2,1-2H3.